The van der Waals surface area contributed by atoms with E-state index in [0.717, 1.165) is 25.7 Å². The molecular weight excluding hydrogens is 232 g/mol. The van der Waals surface area contributed by atoms with Crippen LogP contribution in [0.25, 0.3) is 0 Å². The number of carboxylic acid groups (broad SMARTS) is 1. The van der Waals surface area contributed by atoms with Crippen molar-refractivity contribution in [1.82, 2.24) is 0 Å². The van der Waals surface area contributed by atoms with E-state index >= 15 is 0 Å². The summed E-state index contributed by atoms with van der Waals surface area (Å²) in [5, 5.41) is 8.99. The number of ether oxygens (including phenoxy) is 1. The Bertz CT molecular complexity index is 303. The Labute approximate surface area is 109 Å². The molecule has 0 aromatic carbocycles. The summed E-state index contributed by atoms with van der Waals surface area (Å²) in [5.41, 5.74) is -0.437. The van der Waals surface area contributed by atoms with Crippen LogP contribution in [0.1, 0.15) is 59.3 Å². The quantitative estimate of drug-likeness (QED) is 0.785. The summed E-state index contributed by atoms with van der Waals surface area (Å²) < 4.78 is 5.25. The van der Waals surface area contributed by atoms with Gasteiger partial charge in [0.05, 0.1) is 5.92 Å². The second-order valence-corrected chi connectivity index (χ2v) is 6.19. The molecule has 18 heavy (non-hydrogen) atoms. The number of hydrogen-bond acceptors (Lipinski definition) is 3. The monoisotopic (exact) mass is 256 g/mol. The van der Waals surface area contributed by atoms with Crippen LogP contribution in [0.2, 0.25) is 0 Å². The molecule has 4 nitrogen and oxygen atoms in total. The maximum Gasteiger partial charge on any atom is 0.306 e. The lowest BCUT2D eigenvalue weighted by Gasteiger charge is -2.26. The fourth-order valence-electron chi connectivity index (χ4n) is 2.49. The van der Waals surface area contributed by atoms with E-state index in [1.807, 2.05) is 20.8 Å². The third kappa shape index (κ3) is 5.52. The van der Waals surface area contributed by atoms with Crippen LogP contribution in [-0.4, -0.2) is 22.6 Å². The predicted molar refractivity (Wildman–Crippen MR) is 68.2 cm³/mol. The van der Waals surface area contributed by atoms with E-state index in [2.05, 4.69) is 0 Å². The van der Waals surface area contributed by atoms with E-state index in [4.69, 9.17) is 9.84 Å². The highest BCUT2D eigenvalue weighted by Crippen LogP contribution is 2.32. The molecule has 0 aromatic heterocycles. The van der Waals surface area contributed by atoms with Crippen molar-refractivity contribution in [2.45, 2.75) is 64.9 Å². The molecule has 1 aliphatic carbocycles. The van der Waals surface area contributed by atoms with E-state index in [1.54, 1.807) is 0 Å². The zero-order chi connectivity index (χ0) is 13.8. The van der Waals surface area contributed by atoms with Crippen molar-refractivity contribution in [3.8, 4) is 0 Å². The van der Waals surface area contributed by atoms with Gasteiger partial charge in [-0.05, 0) is 46.0 Å². The summed E-state index contributed by atoms with van der Waals surface area (Å²) >= 11 is 0. The van der Waals surface area contributed by atoms with Crippen molar-refractivity contribution in [2.24, 2.45) is 11.8 Å². The summed E-state index contributed by atoms with van der Waals surface area (Å²) in [5.74, 6) is -0.744. The van der Waals surface area contributed by atoms with E-state index in [1.165, 1.54) is 0 Å². The molecule has 0 amide bonds. The molecule has 1 saturated carbocycles. The van der Waals surface area contributed by atoms with Crippen LogP contribution in [0.5, 0.6) is 0 Å². The highest BCUT2D eigenvalue weighted by molar-refractivity contribution is 5.70. The SMILES string of the molecule is CC(C)(C)OC(=O)CCC1CCCC(C(=O)O)C1. The second kappa shape index (κ2) is 6.21. The van der Waals surface area contributed by atoms with E-state index in [0.29, 0.717) is 18.8 Å². The molecule has 1 aliphatic rings. The van der Waals surface area contributed by atoms with Crippen molar-refractivity contribution >= 4 is 11.9 Å². The molecule has 0 heterocycles. The first-order valence-electron chi connectivity index (χ1n) is 6.72. The van der Waals surface area contributed by atoms with Crippen molar-refractivity contribution in [1.29, 1.82) is 0 Å². The van der Waals surface area contributed by atoms with Gasteiger partial charge in [-0.2, -0.15) is 0 Å². The van der Waals surface area contributed by atoms with Crippen molar-refractivity contribution < 1.29 is 19.4 Å². The van der Waals surface area contributed by atoms with Crippen molar-refractivity contribution in [2.75, 3.05) is 0 Å². The zero-order valence-electron chi connectivity index (χ0n) is 11.6. The third-order valence-electron chi connectivity index (χ3n) is 3.31. The molecule has 0 aliphatic heterocycles. The first-order chi connectivity index (χ1) is 8.28. The number of carbonyl (C=O) groups is 2. The fraction of sp³-hybridized carbons (Fsp3) is 0.857. The van der Waals surface area contributed by atoms with Gasteiger partial charge in [0.2, 0.25) is 0 Å². The molecule has 1 fully saturated rings. The first kappa shape index (κ1) is 15.0. The van der Waals surface area contributed by atoms with Gasteiger partial charge in [0.1, 0.15) is 5.60 Å². The normalized spacial score (nSPS) is 24.6. The third-order valence-corrected chi connectivity index (χ3v) is 3.31. The summed E-state index contributed by atoms with van der Waals surface area (Å²) in [6.45, 7) is 5.56. The van der Waals surface area contributed by atoms with Crippen molar-refractivity contribution in [3.05, 3.63) is 0 Å². The molecule has 2 atom stereocenters. The molecule has 1 N–H and O–H groups in total. The van der Waals surface area contributed by atoms with Gasteiger partial charge in [0.25, 0.3) is 0 Å². The fourth-order valence-corrected chi connectivity index (χ4v) is 2.49. The number of rotatable bonds is 4. The van der Waals surface area contributed by atoms with Crippen LogP contribution < -0.4 is 0 Å². The lowest BCUT2D eigenvalue weighted by Crippen LogP contribution is -2.26. The molecule has 4 heteroatoms. The van der Waals surface area contributed by atoms with Gasteiger partial charge < -0.3 is 9.84 Å². The van der Waals surface area contributed by atoms with Gasteiger partial charge in [0.15, 0.2) is 0 Å². The number of esters is 1. The molecule has 1 rings (SSSR count). The number of hydrogen-bond donors (Lipinski definition) is 1. The van der Waals surface area contributed by atoms with Gasteiger partial charge in [-0.3, -0.25) is 9.59 Å². The standard InChI is InChI=1S/C14H24O4/c1-14(2,3)18-12(15)8-7-10-5-4-6-11(9-10)13(16)17/h10-11H,4-9H2,1-3H3,(H,16,17). The van der Waals surface area contributed by atoms with Crippen LogP contribution in [0.4, 0.5) is 0 Å². The number of carboxylic acids is 1. The second-order valence-electron chi connectivity index (χ2n) is 6.19. The lowest BCUT2D eigenvalue weighted by atomic mass is 9.79. The minimum atomic E-state index is -0.697. The highest BCUT2D eigenvalue weighted by atomic mass is 16.6. The average molecular weight is 256 g/mol. The Morgan fingerprint density at radius 1 is 1.28 bits per heavy atom. The molecule has 0 aromatic rings. The topological polar surface area (TPSA) is 63.6 Å². The summed E-state index contributed by atoms with van der Waals surface area (Å²) in [6, 6.07) is 0. The smallest absolute Gasteiger partial charge is 0.306 e. The van der Waals surface area contributed by atoms with Gasteiger partial charge in [-0.1, -0.05) is 12.8 Å². The van der Waals surface area contributed by atoms with E-state index in [-0.39, 0.29) is 11.9 Å². The average Bonchev–Trinajstić information content (AvgIpc) is 2.24. The zero-order valence-corrected chi connectivity index (χ0v) is 11.6. The minimum Gasteiger partial charge on any atom is -0.481 e. The maximum atomic E-state index is 11.6. The van der Waals surface area contributed by atoms with Gasteiger partial charge in [0, 0.05) is 6.42 Å². The molecule has 0 spiro atoms. The Balaban J connectivity index is 2.31. The van der Waals surface area contributed by atoms with Crippen LogP contribution in [0.15, 0.2) is 0 Å². The molecule has 0 saturated heterocycles. The maximum absolute atomic E-state index is 11.6. The van der Waals surface area contributed by atoms with Crippen LogP contribution in [-0.2, 0) is 14.3 Å². The molecular formula is C14H24O4. The first-order valence-corrected chi connectivity index (χ1v) is 6.72. The molecule has 104 valence electrons. The molecule has 0 radical (unpaired) electrons. The van der Waals surface area contributed by atoms with Crippen LogP contribution in [0.3, 0.4) is 0 Å². The Kier molecular flexibility index (Phi) is 5.17. The highest BCUT2D eigenvalue weighted by Gasteiger charge is 2.27. The number of aliphatic carboxylic acids is 1. The van der Waals surface area contributed by atoms with Crippen LogP contribution >= 0.6 is 0 Å². The summed E-state index contributed by atoms with van der Waals surface area (Å²) in [7, 11) is 0. The number of carbonyl (C=O) groups excluding carboxylic acids is 1. The van der Waals surface area contributed by atoms with Gasteiger partial charge >= 0.3 is 11.9 Å². The largest absolute Gasteiger partial charge is 0.481 e. The predicted octanol–water partition coefficient (Wildman–Crippen LogP) is 3.00. The minimum absolute atomic E-state index is 0.181. The van der Waals surface area contributed by atoms with E-state index in [9.17, 15) is 9.59 Å². The van der Waals surface area contributed by atoms with E-state index < -0.39 is 11.6 Å². The Morgan fingerprint density at radius 3 is 2.50 bits per heavy atom. The lowest BCUT2D eigenvalue weighted by molar-refractivity contribution is -0.155. The van der Waals surface area contributed by atoms with Gasteiger partial charge in [-0.15, -0.1) is 0 Å². The van der Waals surface area contributed by atoms with Crippen molar-refractivity contribution in [3.63, 3.8) is 0 Å². The summed E-state index contributed by atoms with van der Waals surface area (Å²) in [6.07, 6.45) is 4.62. The molecule has 2 unspecified atom stereocenters. The van der Waals surface area contributed by atoms with Gasteiger partial charge in [-0.25, -0.2) is 0 Å². The van der Waals surface area contributed by atoms with Crippen LogP contribution in [0, 0.1) is 11.8 Å². The summed E-state index contributed by atoms with van der Waals surface area (Å²) in [4.78, 5) is 22.5. The Hall–Kier alpha value is -1.06. The Morgan fingerprint density at radius 2 is 1.94 bits per heavy atom. The molecule has 0 bridgehead atoms.